The normalized spacial score (nSPS) is 19.0. The van der Waals surface area contributed by atoms with Crippen LogP contribution in [0.2, 0.25) is 0 Å². The smallest absolute Gasteiger partial charge is 0.494 e. The van der Waals surface area contributed by atoms with Gasteiger partial charge in [-0.25, -0.2) is 41.8 Å². The number of nitrogens with one attached hydrogen (secondary N) is 2. The Labute approximate surface area is 794 Å². The van der Waals surface area contributed by atoms with Gasteiger partial charge in [-0.05, 0) is 190 Å². The van der Waals surface area contributed by atoms with Crippen LogP contribution in [0.15, 0.2) is 206 Å². The number of carbonyl (C=O) groups excluding carboxylic acids is 4. The molecule has 8 aliphatic heterocycles. The Morgan fingerprint density at radius 2 is 0.938 bits per heavy atom. The van der Waals surface area contributed by atoms with Crippen LogP contribution in [0.4, 0.5) is 47.3 Å². The monoisotopic (exact) mass is 2150 g/mol. The second-order valence-electron chi connectivity index (χ2n) is 29.4. The van der Waals surface area contributed by atoms with E-state index in [1.165, 1.54) is 75.6 Å². The lowest BCUT2D eigenvalue weighted by Crippen LogP contribution is -2.41. The molecule has 3 fully saturated rings. The molecule has 4 amide bonds. The highest BCUT2D eigenvalue weighted by atomic mass is 79.9. The molecule has 29 nitrogen and oxygen atoms in total. The highest BCUT2D eigenvalue weighted by Gasteiger charge is 2.53. The Morgan fingerprint density at radius 1 is 0.554 bits per heavy atom. The fourth-order valence-corrected chi connectivity index (χ4v) is 15.1. The summed E-state index contributed by atoms with van der Waals surface area (Å²) in [7, 11) is 0.835. The van der Waals surface area contributed by atoms with E-state index < -0.39 is 66.0 Å². The summed E-state index contributed by atoms with van der Waals surface area (Å²) >= 11 is 21.3. The summed E-state index contributed by atoms with van der Waals surface area (Å²) in [6.45, 7) is 14.2. The average molecular weight is 2160 g/mol. The standard InChI is InChI=1S/C23H22FN3O5.C16H21BFNO4.C13H13BrN2O3.C10H9BrFNO2.C7H4BrClFNO.C7H5BrFNO.C7H6BrFO.C3H6O.2CH4.H3NO/c1-12(29)25-10-22-21-8-15-6-13(3-5-20(15)27(21)23(30)31-22)14-2-4-17(18(24)7-14)19-9-16(11-28)32-26-19;1-15(2)16(3,4)23-17(22-15)10-5-6-12(13(18)7-10)14-8-11(9-20)21-19-14;1-7(17)15-6-12-11-5-8-4-9(14)2-3-10(8)16(11)13(18)19-12;11-6-1-2-8(9(12)3-6)10-4-7(5-14)15-13-10;8-4-1-2-5(6(10)3-4)7(9)11-12;8-6-2-1-5(4-10-11)7(9)3-6;1-10-7-3-2-5(8)4-6(7)9;1-2-3-4;;;1-2/h2-7,16,21-22,28H,8-11H2,1H3,(H,25,29);5-7,11,20H,8-9H2,1-4H3;2-4,11-12H,5-6H2,1H3,(H,15,17);1-3,7,14H,4-5H2;1-3,12H;1-4,11H;2-4H,1H3;2,4H,1,3H2;2*1H4;2H,1H2/b;;;;11-7-;10-4+;;;;;/t16?,21-,22-;;11-,12-;;;;;;;;/m0.0......../s1. The van der Waals surface area contributed by atoms with Gasteiger partial charge in [-0.3, -0.25) is 19.4 Å². The molecule has 0 saturated carbocycles. The molecule has 700 valence electrons. The molecule has 0 spiro atoms. The fraction of sp³-hybridized carbons (Fsp3) is 0.330. The van der Waals surface area contributed by atoms with E-state index in [0.29, 0.717) is 95.0 Å². The topological polar surface area (TPSA) is 402 Å². The molecule has 42 heteroatoms. The van der Waals surface area contributed by atoms with Crippen molar-refractivity contribution in [3.63, 3.8) is 0 Å². The lowest BCUT2D eigenvalue weighted by atomic mass is 9.78. The number of benzene rings is 8. The molecule has 16 rings (SSSR count). The van der Waals surface area contributed by atoms with Crippen LogP contribution in [0.5, 0.6) is 5.75 Å². The van der Waals surface area contributed by atoms with Crippen molar-refractivity contribution in [3.8, 4) is 16.9 Å². The summed E-state index contributed by atoms with van der Waals surface area (Å²) < 4.78 is 112. The van der Waals surface area contributed by atoms with Gasteiger partial charge in [-0.2, -0.15) is 0 Å². The largest absolute Gasteiger partial charge is 0.494 e. The van der Waals surface area contributed by atoms with E-state index in [1.54, 1.807) is 64.4 Å². The average Bonchev–Trinajstić information content (AvgIpc) is 1.60. The zero-order chi connectivity index (χ0) is 94.0. The summed E-state index contributed by atoms with van der Waals surface area (Å²) in [4.78, 5) is 64.9. The quantitative estimate of drug-likeness (QED) is 0.0107. The van der Waals surface area contributed by atoms with Crippen LogP contribution in [-0.4, -0.2) is 196 Å². The summed E-state index contributed by atoms with van der Waals surface area (Å²) in [5.74, 6) is 1.01. The maximum atomic E-state index is 14.8. The SMILES string of the molecule is C.C.C=CCO.CC(=O)NC[C@@H]1OC(=O)N2c3ccc(-c4ccc(C5=NOC(CO)C5)c(F)c4)cc3C[C@@H]12.CC(=O)NC[C@@H]1OC(=O)N2c3ccc(Br)cc3C[C@@H]12.CC1(C)OB(c2ccc(C3=NOC(CO)C3)c(F)c2)OC1(C)C.COc1ccc(Br)cc1F.NO.O/N=C(\Cl)c1ccc(Br)cc1F.O/N=C/c1ccc(Br)cc1F.OCC1CC(c2ccc(Br)cc2F)=NO1. The minimum atomic E-state index is -0.601. The highest BCUT2D eigenvalue weighted by Crippen LogP contribution is 2.43. The molecule has 0 bridgehead atoms. The number of cyclic esters (lactones) is 2. The number of anilines is 2. The zero-order valence-electron chi connectivity index (χ0n) is 69.4. The van der Waals surface area contributed by atoms with Gasteiger partial charge in [-0.15, -0.1) is 6.58 Å². The first-order valence-corrected chi connectivity index (χ1v) is 43.1. The third kappa shape index (κ3) is 29.1. The lowest BCUT2D eigenvalue weighted by Gasteiger charge is -2.32. The van der Waals surface area contributed by atoms with Gasteiger partial charge >= 0.3 is 19.3 Å². The molecule has 0 aromatic heterocycles. The van der Waals surface area contributed by atoms with E-state index >= 15 is 0 Å². The van der Waals surface area contributed by atoms with Crippen LogP contribution in [0.25, 0.3) is 11.1 Å². The number of rotatable bonds is 16. The van der Waals surface area contributed by atoms with Gasteiger partial charge in [0, 0.05) is 77.7 Å². The Bertz CT molecular complexity index is 5410. The molecule has 8 aliphatic rings. The van der Waals surface area contributed by atoms with Gasteiger partial charge in [0.1, 0.15) is 41.3 Å². The van der Waals surface area contributed by atoms with Crippen LogP contribution < -0.4 is 36.5 Å². The van der Waals surface area contributed by atoms with E-state index in [4.69, 9.17) is 80.6 Å². The lowest BCUT2D eigenvalue weighted by molar-refractivity contribution is -0.120. The second kappa shape index (κ2) is 51.2. The highest BCUT2D eigenvalue weighted by molar-refractivity contribution is 9.11. The number of aliphatic hydroxyl groups excluding tert-OH is 4. The van der Waals surface area contributed by atoms with Crippen molar-refractivity contribution in [2.45, 2.75) is 142 Å². The maximum Gasteiger partial charge on any atom is 0.494 e. The molecule has 0 aliphatic carbocycles. The first kappa shape index (κ1) is 109. The van der Waals surface area contributed by atoms with Crippen molar-refractivity contribution in [2.24, 2.45) is 31.7 Å². The summed E-state index contributed by atoms with van der Waals surface area (Å²) in [5.41, 5.74) is 8.03. The minimum absolute atomic E-state index is 0. The number of oxime groups is 5. The van der Waals surface area contributed by atoms with E-state index in [1.807, 2.05) is 70.2 Å². The zero-order valence-corrected chi connectivity index (χ0v) is 78.1. The minimum Gasteiger partial charge on any atom is -0.494 e. The van der Waals surface area contributed by atoms with Crippen LogP contribution in [0, 0.1) is 34.9 Å². The first-order chi connectivity index (χ1) is 61.0. The Morgan fingerprint density at radius 3 is 1.35 bits per heavy atom. The second-order valence-corrected chi connectivity index (χ2v) is 34.3. The molecular formula is C88H97BBr5ClF6N10O19. The number of aliphatic hydroxyl groups is 4. The molecule has 3 saturated heterocycles. The molecule has 11 N–H and O–H groups in total. The first-order valence-electron chi connectivity index (χ1n) is 38.7. The number of halogens is 12. The number of nitrogens with two attached hydrogens (primary N) is 1. The van der Waals surface area contributed by atoms with Crippen molar-refractivity contribution in [1.82, 2.24) is 10.6 Å². The predicted molar refractivity (Wildman–Crippen MR) is 499 cm³/mol. The van der Waals surface area contributed by atoms with Gasteiger partial charge in [0.25, 0.3) is 0 Å². The van der Waals surface area contributed by atoms with Crippen LogP contribution in [-0.2, 0) is 55.7 Å². The molecule has 0 radical (unpaired) electrons. The van der Waals surface area contributed by atoms with Crippen LogP contribution >= 0.6 is 91.3 Å². The number of carbonyl (C=O) groups is 4. The molecular weight excluding hydrogens is 2060 g/mol. The van der Waals surface area contributed by atoms with Crippen LogP contribution in [0.3, 0.4) is 0 Å². The number of nitrogens with zero attached hydrogens (tertiary/aromatic N) is 7. The molecule has 8 aromatic carbocycles. The van der Waals surface area contributed by atoms with Gasteiger partial charge in [0.15, 0.2) is 35.0 Å². The number of hydrogen-bond donors (Lipinski definition) is 10. The Kier molecular flexibility index (Phi) is 42.9. The van der Waals surface area contributed by atoms with Crippen molar-refractivity contribution in [3.05, 3.63) is 254 Å². The van der Waals surface area contributed by atoms with E-state index in [9.17, 15) is 50.6 Å². The third-order valence-electron chi connectivity index (χ3n) is 20.2. The van der Waals surface area contributed by atoms with Crippen molar-refractivity contribution in [2.75, 3.05) is 56.4 Å². The molecule has 8 heterocycles. The third-order valence-corrected chi connectivity index (χ3v) is 22.9. The number of methoxy groups -OCH3 is 1. The Balaban J connectivity index is 0.000000239. The number of hydrogen-bond acceptors (Lipinski definition) is 25. The molecule has 7 atom stereocenters. The Hall–Kier alpha value is -9.86. The predicted octanol–water partition coefficient (Wildman–Crippen LogP) is 16.6. The van der Waals surface area contributed by atoms with E-state index in [-0.39, 0.29) is 124 Å². The molecule has 8 aromatic rings. The van der Waals surface area contributed by atoms with Crippen molar-refractivity contribution < 1.29 is 120 Å². The number of amides is 4. The van der Waals surface area contributed by atoms with Gasteiger partial charge in [-0.1, -0.05) is 162 Å². The van der Waals surface area contributed by atoms with Gasteiger partial charge in [0.05, 0.1) is 110 Å². The van der Waals surface area contributed by atoms with Gasteiger partial charge < -0.3 is 84.7 Å². The van der Waals surface area contributed by atoms with Crippen molar-refractivity contribution >= 4 is 168 Å². The van der Waals surface area contributed by atoms with Gasteiger partial charge in [0.2, 0.25) is 11.8 Å². The van der Waals surface area contributed by atoms with Crippen molar-refractivity contribution in [1.29, 1.82) is 0 Å². The maximum absolute atomic E-state index is 14.8. The summed E-state index contributed by atoms with van der Waals surface area (Å²) in [6, 6.07) is 39.2. The number of fused-ring (bicyclic) bond motifs is 6. The number of ether oxygens (including phenoxy) is 3. The fourth-order valence-electron chi connectivity index (χ4n) is 13.2. The van der Waals surface area contributed by atoms with Crippen LogP contribution in [0.1, 0.15) is 115 Å². The van der Waals surface area contributed by atoms with E-state index in [0.717, 1.165) is 45.2 Å². The summed E-state index contributed by atoms with van der Waals surface area (Å²) in [5, 5.41) is 79.7. The molecule has 3 unspecified atom stereocenters. The molecule has 130 heavy (non-hydrogen) atoms. The summed E-state index contributed by atoms with van der Waals surface area (Å²) in [6.07, 6.45) is 2.37. The van der Waals surface area contributed by atoms with E-state index in [2.05, 4.69) is 129 Å².